The fraction of sp³-hybridized carbons (Fsp3) is 0.933. The molecule has 0 aromatic rings. The molecule has 1 saturated heterocycles. The third-order valence-electron chi connectivity index (χ3n) is 2.70. The molecule has 0 radical (unpaired) electrons. The molecule has 1 fully saturated rings. The van der Waals surface area contributed by atoms with Crippen LogP contribution >= 0.6 is 0 Å². The van der Waals surface area contributed by atoms with Crippen molar-refractivity contribution in [3.63, 3.8) is 0 Å². The van der Waals surface area contributed by atoms with Gasteiger partial charge in [0.05, 0.1) is 11.6 Å². The van der Waals surface area contributed by atoms with Gasteiger partial charge in [0.15, 0.2) is 0 Å². The van der Waals surface area contributed by atoms with Gasteiger partial charge in [0.25, 0.3) is 0 Å². The highest BCUT2D eigenvalue weighted by Gasteiger charge is 2.51. The first-order valence-corrected chi connectivity index (χ1v) is 6.68. The van der Waals surface area contributed by atoms with Crippen molar-refractivity contribution in [2.75, 3.05) is 6.54 Å². The topological polar surface area (TPSA) is 15.4 Å². The summed E-state index contributed by atoms with van der Waals surface area (Å²) in [6.45, 7) is 21.4. The van der Waals surface area contributed by atoms with Gasteiger partial charge >= 0.3 is 0 Å². The van der Waals surface area contributed by atoms with E-state index in [4.69, 9.17) is 4.99 Å². The summed E-state index contributed by atoms with van der Waals surface area (Å²) >= 11 is 0. The molecule has 0 aromatic heterocycles. The van der Waals surface area contributed by atoms with Crippen LogP contribution in [0, 0.1) is 10.8 Å². The van der Waals surface area contributed by atoms with Crippen molar-refractivity contribution in [1.82, 2.24) is 4.90 Å². The molecule has 0 saturated carbocycles. The summed E-state index contributed by atoms with van der Waals surface area (Å²) in [5.41, 5.74) is 0.652. The first-order chi connectivity index (χ1) is 7.31. The van der Waals surface area contributed by atoms with Crippen molar-refractivity contribution in [3.8, 4) is 0 Å². The average molecular weight is 238 g/mol. The number of nitrogens with zero attached hydrogens (tertiary/aromatic N) is 2. The second kappa shape index (κ2) is 4.00. The minimum absolute atomic E-state index is 0.0332. The summed E-state index contributed by atoms with van der Waals surface area (Å²) in [4.78, 5) is 7.35. The zero-order valence-corrected chi connectivity index (χ0v) is 13.2. The Labute approximate surface area is 107 Å². The molecule has 0 bridgehead atoms. The van der Waals surface area contributed by atoms with E-state index in [0.717, 1.165) is 6.54 Å². The van der Waals surface area contributed by atoms with E-state index in [1.807, 2.05) is 0 Å². The van der Waals surface area contributed by atoms with Crippen molar-refractivity contribution in [3.05, 3.63) is 0 Å². The van der Waals surface area contributed by atoms with Crippen LogP contribution in [-0.2, 0) is 0 Å². The number of rotatable bonds is 1. The molecule has 17 heavy (non-hydrogen) atoms. The fourth-order valence-corrected chi connectivity index (χ4v) is 2.23. The van der Waals surface area contributed by atoms with Crippen LogP contribution in [0.15, 0.2) is 4.99 Å². The lowest BCUT2D eigenvalue weighted by atomic mass is 9.91. The zero-order valence-electron chi connectivity index (χ0n) is 13.2. The van der Waals surface area contributed by atoms with E-state index in [1.54, 1.807) is 0 Å². The van der Waals surface area contributed by atoms with Gasteiger partial charge in [0, 0.05) is 6.54 Å². The number of hydrogen-bond acceptors (Lipinski definition) is 1. The standard InChI is InChI=1S/C15H30N2/c1-13(2,3)10-17-11(14(4,5)6)12(17)16-15(7,8)9/h11H,10H2,1-9H3. The summed E-state index contributed by atoms with van der Waals surface area (Å²) in [7, 11) is 0. The monoisotopic (exact) mass is 238 g/mol. The summed E-state index contributed by atoms with van der Waals surface area (Å²) in [5, 5.41) is 0. The Bertz CT molecular complexity index is 307. The summed E-state index contributed by atoms with van der Waals surface area (Å²) in [5.74, 6) is 1.31. The third kappa shape index (κ3) is 4.33. The van der Waals surface area contributed by atoms with Crippen LogP contribution in [-0.4, -0.2) is 28.9 Å². The molecular weight excluding hydrogens is 208 g/mol. The van der Waals surface area contributed by atoms with Crippen LogP contribution in [0.3, 0.4) is 0 Å². The Balaban J connectivity index is 2.87. The quantitative estimate of drug-likeness (QED) is 0.631. The van der Waals surface area contributed by atoms with E-state index >= 15 is 0 Å². The first-order valence-electron chi connectivity index (χ1n) is 6.68. The van der Waals surface area contributed by atoms with Gasteiger partial charge in [-0.15, -0.1) is 0 Å². The lowest BCUT2D eigenvalue weighted by molar-refractivity contribution is 0.263. The largest absolute Gasteiger partial charge is 0.347 e. The van der Waals surface area contributed by atoms with Crippen LogP contribution in [0.1, 0.15) is 62.3 Å². The molecule has 100 valence electrons. The second-order valence-corrected chi connectivity index (χ2v) is 8.60. The third-order valence-corrected chi connectivity index (χ3v) is 2.70. The summed E-state index contributed by atoms with van der Waals surface area (Å²) < 4.78 is 0. The van der Waals surface area contributed by atoms with Gasteiger partial charge in [0.1, 0.15) is 5.84 Å². The maximum Gasteiger partial charge on any atom is 0.124 e. The lowest BCUT2D eigenvalue weighted by Gasteiger charge is -2.22. The number of amidine groups is 1. The van der Waals surface area contributed by atoms with E-state index in [0.29, 0.717) is 11.5 Å². The van der Waals surface area contributed by atoms with Crippen LogP contribution < -0.4 is 0 Å². The van der Waals surface area contributed by atoms with E-state index in [1.165, 1.54) is 5.84 Å². The smallest absolute Gasteiger partial charge is 0.124 e. The van der Waals surface area contributed by atoms with E-state index in [-0.39, 0.29) is 11.0 Å². The molecule has 0 amide bonds. The van der Waals surface area contributed by atoms with Crippen molar-refractivity contribution >= 4 is 5.84 Å². The Hall–Kier alpha value is -0.530. The molecule has 1 unspecified atom stereocenters. The molecule has 1 aliphatic rings. The predicted octanol–water partition coefficient (Wildman–Crippen LogP) is 3.96. The van der Waals surface area contributed by atoms with Crippen LogP contribution in [0.2, 0.25) is 0 Å². The molecule has 2 nitrogen and oxygen atoms in total. The zero-order chi connectivity index (χ0) is 13.6. The Morgan fingerprint density at radius 3 is 1.71 bits per heavy atom. The van der Waals surface area contributed by atoms with Crippen LogP contribution in [0.25, 0.3) is 0 Å². The molecule has 1 rings (SSSR count). The number of hydrogen-bond donors (Lipinski definition) is 0. The van der Waals surface area contributed by atoms with Gasteiger partial charge in [-0.2, -0.15) is 0 Å². The molecule has 0 aliphatic carbocycles. The minimum atomic E-state index is 0.0332. The highest BCUT2D eigenvalue weighted by atomic mass is 15.4. The van der Waals surface area contributed by atoms with E-state index < -0.39 is 0 Å². The van der Waals surface area contributed by atoms with Crippen molar-refractivity contribution in [2.45, 2.75) is 73.9 Å². The van der Waals surface area contributed by atoms with Gasteiger partial charge in [0.2, 0.25) is 0 Å². The van der Waals surface area contributed by atoms with Gasteiger partial charge in [-0.25, -0.2) is 0 Å². The molecular formula is C15H30N2. The van der Waals surface area contributed by atoms with Gasteiger partial charge in [-0.1, -0.05) is 41.5 Å². The Morgan fingerprint density at radius 1 is 0.941 bits per heavy atom. The fourth-order valence-electron chi connectivity index (χ4n) is 2.23. The molecule has 1 atom stereocenters. The van der Waals surface area contributed by atoms with Crippen LogP contribution in [0.5, 0.6) is 0 Å². The molecule has 0 aromatic carbocycles. The first kappa shape index (κ1) is 14.5. The highest BCUT2D eigenvalue weighted by Crippen LogP contribution is 2.40. The molecule has 0 spiro atoms. The molecule has 0 N–H and O–H groups in total. The average Bonchev–Trinajstić information content (AvgIpc) is 2.52. The SMILES string of the molecule is CC(C)(C)CN1C(=NC(C)(C)C)C1C(C)(C)C. The molecule has 2 heteroatoms. The Kier molecular flexibility index (Phi) is 3.42. The van der Waals surface area contributed by atoms with E-state index in [9.17, 15) is 0 Å². The van der Waals surface area contributed by atoms with Gasteiger partial charge in [-0.3, -0.25) is 4.99 Å². The highest BCUT2D eigenvalue weighted by molar-refractivity contribution is 6.02. The maximum atomic E-state index is 4.88. The summed E-state index contributed by atoms with van der Waals surface area (Å²) in [6.07, 6.45) is 0. The van der Waals surface area contributed by atoms with E-state index in [2.05, 4.69) is 67.2 Å². The van der Waals surface area contributed by atoms with Crippen molar-refractivity contribution in [2.24, 2.45) is 15.8 Å². The lowest BCUT2D eigenvalue weighted by Crippen LogP contribution is -2.25. The minimum Gasteiger partial charge on any atom is -0.347 e. The predicted molar refractivity (Wildman–Crippen MR) is 76.6 cm³/mol. The van der Waals surface area contributed by atoms with Crippen molar-refractivity contribution in [1.29, 1.82) is 0 Å². The summed E-state index contributed by atoms with van der Waals surface area (Å²) in [6, 6.07) is 0.529. The number of aliphatic imine (C=N–C) groups is 1. The van der Waals surface area contributed by atoms with Gasteiger partial charge in [-0.05, 0) is 31.6 Å². The van der Waals surface area contributed by atoms with Crippen LogP contribution in [0.4, 0.5) is 0 Å². The second-order valence-electron chi connectivity index (χ2n) is 8.60. The Morgan fingerprint density at radius 2 is 1.41 bits per heavy atom. The maximum absolute atomic E-state index is 4.88. The van der Waals surface area contributed by atoms with Gasteiger partial charge < -0.3 is 4.90 Å². The van der Waals surface area contributed by atoms with Crippen molar-refractivity contribution < 1.29 is 0 Å². The molecule has 1 heterocycles. The normalized spacial score (nSPS) is 24.4. The molecule has 1 aliphatic heterocycles.